The minimum atomic E-state index is -0.647. The predicted octanol–water partition coefficient (Wildman–Crippen LogP) is 1.69. The first kappa shape index (κ1) is 13.2. The minimum Gasteiger partial charge on any atom is -0.460 e. The van der Waals surface area contributed by atoms with E-state index in [1.54, 1.807) is 12.4 Å². The molecule has 1 aromatic carbocycles. The molecule has 0 saturated heterocycles. The Kier molecular flexibility index (Phi) is 4.64. The molecule has 2 N–H and O–H groups in total. The summed E-state index contributed by atoms with van der Waals surface area (Å²) < 4.78 is 5.18. The molecular formula is C15H16N2O2. The average molecular weight is 256 g/mol. The first-order valence-electron chi connectivity index (χ1n) is 6.11. The zero-order valence-electron chi connectivity index (χ0n) is 10.5. The van der Waals surface area contributed by atoms with Gasteiger partial charge in [-0.15, -0.1) is 0 Å². The van der Waals surface area contributed by atoms with E-state index in [9.17, 15) is 4.79 Å². The lowest BCUT2D eigenvalue weighted by molar-refractivity contribution is -0.146. The number of pyridine rings is 1. The predicted molar refractivity (Wildman–Crippen MR) is 72.2 cm³/mol. The molecule has 0 unspecified atom stereocenters. The zero-order chi connectivity index (χ0) is 13.5. The standard InChI is InChI=1S/C15H16N2O2/c16-14(10-12-6-8-17-9-7-12)15(18)19-11-13-4-2-1-3-5-13/h1-9,14H,10-11,16H2/t14-/m0/s1. The van der Waals surface area contributed by atoms with E-state index in [0.29, 0.717) is 6.42 Å². The van der Waals surface area contributed by atoms with E-state index in [2.05, 4.69) is 4.98 Å². The molecule has 0 aliphatic heterocycles. The summed E-state index contributed by atoms with van der Waals surface area (Å²) in [6.07, 6.45) is 3.81. The summed E-state index contributed by atoms with van der Waals surface area (Å²) in [7, 11) is 0. The van der Waals surface area contributed by atoms with Gasteiger partial charge in [0.15, 0.2) is 0 Å². The Bertz CT molecular complexity index is 514. The van der Waals surface area contributed by atoms with Crippen molar-refractivity contribution >= 4 is 5.97 Å². The van der Waals surface area contributed by atoms with Crippen LogP contribution in [0.3, 0.4) is 0 Å². The number of rotatable bonds is 5. The highest BCUT2D eigenvalue weighted by atomic mass is 16.5. The van der Waals surface area contributed by atoms with E-state index >= 15 is 0 Å². The number of ether oxygens (including phenoxy) is 1. The van der Waals surface area contributed by atoms with E-state index in [0.717, 1.165) is 11.1 Å². The van der Waals surface area contributed by atoms with E-state index < -0.39 is 6.04 Å². The highest BCUT2D eigenvalue weighted by Crippen LogP contribution is 2.04. The molecule has 2 aromatic rings. The maximum absolute atomic E-state index is 11.8. The van der Waals surface area contributed by atoms with E-state index in [-0.39, 0.29) is 12.6 Å². The molecule has 4 heteroatoms. The van der Waals surface area contributed by atoms with Gasteiger partial charge in [-0.3, -0.25) is 9.78 Å². The number of nitrogens with two attached hydrogens (primary N) is 1. The second kappa shape index (κ2) is 6.66. The zero-order valence-corrected chi connectivity index (χ0v) is 10.5. The molecule has 1 atom stereocenters. The van der Waals surface area contributed by atoms with Gasteiger partial charge in [0.25, 0.3) is 0 Å². The molecule has 19 heavy (non-hydrogen) atoms. The number of benzene rings is 1. The highest BCUT2D eigenvalue weighted by molar-refractivity contribution is 5.75. The number of carbonyl (C=O) groups excluding carboxylic acids is 1. The van der Waals surface area contributed by atoms with Crippen molar-refractivity contribution in [1.29, 1.82) is 0 Å². The van der Waals surface area contributed by atoms with Crippen molar-refractivity contribution in [3.05, 3.63) is 66.0 Å². The molecule has 0 radical (unpaired) electrons. The molecule has 1 aromatic heterocycles. The molecule has 0 fully saturated rings. The lowest BCUT2D eigenvalue weighted by Crippen LogP contribution is -2.34. The molecule has 4 nitrogen and oxygen atoms in total. The minimum absolute atomic E-state index is 0.254. The molecule has 0 amide bonds. The molecule has 0 aliphatic carbocycles. The SMILES string of the molecule is N[C@@H](Cc1ccncc1)C(=O)OCc1ccccc1. The van der Waals surface area contributed by atoms with Crippen LogP contribution in [-0.2, 0) is 22.6 Å². The smallest absolute Gasteiger partial charge is 0.323 e. The molecule has 2 rings (SSSR count). The maximum atomic E-state index is 11.8. The number of hydrogen-bond donors (Lipinski definition) is 1. The maximum Gasteiger partial charge on any atom is 0.323 e. The Morgan fingerprint density at radius 2 is 1.79 bits per heavy atom. The van der Waals surface area contributed by atoms with Gasteiger partial charge in [0, 0.05) is 12.4 Å². The Balaban J connectivity index is 1.83. The summed E-state index contributed by atoms with van der Waals surface area (Å²) in [4.78, 5) is 15.7. The second-order valence-corrected chi connectivity index (χ2v) is 4.26. The number of aromatic nitrogens is 1. The van der Waals surface area contributed by atoms with Crippen LogP contribution >= 0.6 is 0 Å². The van der Waals surface area contributed by atoms with Gasteiger partial charge in [-0.05, 0) is 29.7 Å². The Morgan fingerprint density at radius 3 is 2.47 bits per heavy atom. The van der Waals surface area contributed by atoms with Crippen molar-refractivity contribution in [2.24, 2.45) is 5.73 Å². The number of carbonyl (C=O) groups is 1. The van der Waals surface area contributed by atoms with Gasteiger partial charge in [-0.2, -0.15) is 0 Å². The average Bonchev–Trinajstić information content (AvgIpc) is 2.47. The molecule has 0 bridgehead atoms. The molecule has 0 saturated carbocycles. The summed E-state index contributed by atoms with van der Waals surface area (Å²) in [5, 5.41) is 0. The molecular weight excluding hydrogens is 240 g/mol. The number of hydrogen-bond acceptors (Lipinski definition) is 4. The molecule has 0 aliphatic rings. The van der Waals surface area contributed by atoms with Crippen molar-refractivity contribution < 1.29 is 9.53 Å². The van der Waals surface area contributed by atoms with Crippen LogP contribution in [0.5, 0.6) is 0 Å². The third-order valence-electron chi connectivity index (χ3n) is 2.73. The summed E-state index contributed by atoms with van der Waals surface area (Å²) in [5.74, 6) is -0.388. The lowest BCUT2D eigenvalue weighted by atomic mass is 10.1. The fraction of sp³-hybridized carbons (Fsp3) is 0.200. The van der Waals surface area contributed by atoms with Crippen LogP contribution in [0.4, 0.5) is 0 Å². The van der Waals surface area contributed by atoms with Gasteiger partial charge < -0.3 is 10.5 Å². The summed E-state index contributed by atoms with van der Waals surface area (Å²) in [6.45, 7) is 0.254. The van der Waals surface area contributed by atoms with E-state index in [1.807, 2.05) is 42.5 Å². The highest BCUT2D eigenvalue weighted by Gasteiger charge is 2.15. The van der Waals surface area contributed by atoms with Crippen LogP contribution < -0.4 is 5.73 Å². The Morgan fingerprint density at radius 1 is 1.11 bits per heavy atom. The third kappa shape index (κ3) is 4.19. The van der Waals surface area contributed by atoms with Crippen LogP contribution in [-0.4, -0.2) is 17.0 Å². The van der Waals surface area contributed by atoms with E-state index in [1.165, 1.54) is 0 Å². The van der Waals surface area contributed by atoms with Gasteiger partial charge >= 0.3 is 5.97 Å². The van der Waals surface area contributed by atoms with Crippen molar-refractivity contribution in [2.45, 2.75) is 19.1 Å². The number of nitrogens with zero attached hydrogens (tertiary/aromatic N) is 1. The van der Waals surface area contributed by atoms with Crippen molar-refractivity contribution in [3.63, 3.8) is 0 Å². The van der Waals surface area contributed by atoms with Crippen LogP contribution in [0, 0.1) is 0 Å². The fourth-order valence-electron chi connectivity index (χ4n) is 1.69. The summed E-state index contributed by atoms with van der Waals surface area (Å²) in [6, 6.07) is 12.6. The van der Waals surface area contributed by atoms with E-state index in [4.69, 9.17) is 10.5 Å². The van der Waals surface area contributed by atoms with Crippen LogP contribution in [0.1, 0.15) is 11.1 Å². The lowest BCUT2D eigenvalue weighted by Gasteiger charge is -2.11. The number of esters is 1. The van der Waals surface area contributed by atoms with Gasteiger partial charge in [0.1, 0.15) is 12.6 Å². The molecule has 98 valence electrons. The Labute approximate surface area is 112 Å². The fourth-order valence-corrected chi connectivity index (χ4v) is 1.69. The quantitative estimate of drug-likeness (QED) is 0.827. The van der Waals surface area contributed by atoms with Crippen molar-refractivity contribution in [1.82, 2.24) is 4.98 Å². The monoisotopic (exact) mass is 256 g/mol. The van der Waals surface area contributed by atoms with Crippen LogP contribution in [0.25, 0.3) is 0 Å². The normalized spacial score (nSPS) is 11.8. The van der Waals surface area contributed by atoms with Gasteiger partial charge in [0.05, 0.1) is 0 Å². The Hall–Kier alpha value is -2.20. The summed E-state index contributed by atoms with van der Waals surface area (Å²) >= 11 is 0. The van der Waals surface area contributed by atoms with Crippen molar-refractivity contribution in [3.8, 4) is 0 Å². The van der Waals surface area contributed by atoms with Gasteiger partial charge in [0.2, 0.25) is 0 Å². The van der Waals surface area contributed by atoms with Crippen molar-refractivity contribution in [2.75, 3.05) is 0 Å². The molecule has 0 spiro atoms. The first-order chi connectivity index (χ1) is 9.25. The third-order valence-corrected chi connectivity index (χ3v) is 2.73. The summed E-state index contributed by atoms with van der Waals surface area (Å²) in [5.41, 5.74) is 7.74. The van der Waals surface area contributed by atoms with Gasteiger partial charge in [-0.25, -0.2) is 0 Å². The second-order valence-electron chi connectivity index (χ2n) is 4.26. The topological polar surface area (TPSA) is 65.2 Å². The van der Waals surface area contributed by atoms with Crippen LogP contribution in [0.15, 0.2) is 54.9 Å². The first-order valence-corrected chi connectivity index (χ1v) is 6.11. The van der Waals surface area contributed by atoms with Crippen LogP contribution in [0.2, 0.25) is 0 Å². The van der Waals surface area contributed by atoms with Gasteiger partial charge in [-0.1, -0.05) is 30.3 Å². The molecule has 1 heterocycles. The largest absolute Gasteiger partial charge is 0.460 e.